The Kier molecular flexibility index (Phi) is 5.31. The van der Waals surface area contributed by atoms with Gasteiger partial charge in [-0.15, -0.1) is 0 Å². The van der Waals surface area contributed by atoms with Crippen LogP contribution in [0.4, 0.5) is 11.4 Å². The maximum Gasteiger partial charge on any atom is 0.237 e. The Morgan fingerprint density at radius 1 is 1.25 bits per heavy atom. The summed E-state index contributed by atoms with van der Waals surface area (Å²) in [6.07, 6.45) is 0. The summed E-state index contributed by atoms with van der Waals surface area (Å²) in [5.41, 5.74) is 5.42. The molecule has 0 spiro atoms. The zero-order chi connectivity index (χ0) is 17.1. The Labute approximate surface area is 151 Å². The number of fused-ring (bicyclic) bond motifs is 1. The maximum atomic E-state index is 12.5. The first-order valence-electron chi connectivity index (χ1n) is 7.87. The molecular formula is C19H20N2OS2. The summed E-state index contributed by atoms with van der Waals surface area (Å²) in [6, 6.07) is 14.2. The summed E-state index contributed by atoms with van der Waals surface area (Å²) >= 11 is 3.22. The summed E-state index contributed by atoms with van der Waals surface area (Å²) in [7, 11) is 0. The summed E-state index contributed by atoms with van der Waals surface area (Å²) < 4.78 is 0.956. The quantitative estimate of drug-likeness (QED) is 0.811. The van der Waals surface area contributed by atoms with Crippen molar-refractivity contribution in [2.24, 2.45) is 4.99 Å². The molecule has 0 bridgehead atoms. The number of nitrogens with one attached hydrogen (secondary N) is 1. The third-order valence-electron chi connectivity index (χ3n) is 3.84. The standard InChI is InChI=1S/C19H20N2OS2/c1-12-8-9-16(13(2)10-12)20-18(22)14(3)24-19-21-17-7-5-4-6-15(17)11-23-19/h4-10,14H,11H2,1-3H3,(H,20,22). The number of amides is 1. The second kappa shape index (κ2) is 7.45. The van der Waals surface area contributed by atoms with Gasteiger partial charge in [-0.2, -0.15) is 0 Å². The number of nitrogens with zero attached hydrogens (tertiary/aromatic N) is 1. The Hall–Kier alpha value is -1.72. The first kappa shape index (κ1) is 17.1. The second-order valence-electron chi connectivity index (χ2n) is 5.86. The molecule has 1 atom stereocenters. The number of carbonyl (C=O) groups is 1. The molecule has 0 aliphatic carbocycles. The largest absolute Gasteiger partial charge is 0.325 e. The van der Waals surface area contributed by atoms with Crippen LogP contribution in [0.3, 0.4) is 0 Å². The average molecular weight is 357 g/mol. The molecule has 1 amide bonds. The van der Waals surface area contributed by atoms with Crippen molar-refractivity contribution >= 4 is 45.2 Å². The highest BCUT2D eigenvalue weighted by Gasteiger charge is 2.20. The smallest absolute Gasteiger partial charge is 0.237 e. The molecule has 0 fully saturated rings. The topological polar surface area (TPSA) is 41.5 Å². The van der Waals surface area contributed by atoms with Crippen LogP contribution in [0.2, 0.25) is 0 Å². The van der Waals surface area contributed by atoms with Crippen molar-refractivity contribution < 1.29 is 4.79 Å². The number of hydrogen-bond donors (Lipinski definition) is 1. The molecule has 2 aromatic carbocycles. The monoisotopic (exact) mass is 356 g/mol. The molecular weight excluding hydrogens is 336 g/mol. The first-order valence-corrected chi connectivity index (χ1v) is 9.73. The van der Waals surface area contributed by atoms with Crippen LogP contribution in [0.25, 0.3) is 0 Å². The zero-order valence-electron chi connectivity index (χ0n) is 14.0. The Morgan fingerprint density at radius 3 is 2.83 bits per heavy atom. The molecule has 3 nitrogen and oxygen atoms in total. The third kappa shape index (κ3) is 4.02. The van der Waals surface area contributed by atoms with Gasteiger partial charge in [0.15, 0.2) is 0 Å². The molecule has 0 aromatic heterocycles. The van der Waals surface area contributed by atoms with Gasteiger partial charge in [0.25, 0.3) is 0 Å². The lowest BCUT2D eigenvalue weighted by molar-refractivity contribution is -0.115. The molecule has 24 heavy (non-hydrogen) atoms. The Bertz CT molecular complexity index is 802. The van der Waals surface area contributed by atoms with Crippen LogP contribution in [-0.2, 0) is 10.5 Å². The predicted octanol–water partition coefficient (Wildman–Crippen LogP) is 5.30. The minimum Gasteiger partial charge on any atom is -0.325 e. The van der Waals surface area contributed by atoms with Crippen molar-refractivity contribution in [2.45, 2.75) is 31.8 Å². The lowest BCUT2D eigenvalue weighted by Gasteiger charge is -2.18. The van der Waals surface area contributed by atoms with E-state index in [-0.39, 0.29) is 11.2 Å². The van der Waals surface area contributed by atoms with E-state index in [4.69, 9.17) is 0 Å². The van der Waals surface area contributed by atoms with Gasteiger partial charge in [-0.25, -0.2) is 4.99 Å². The van der Waals surface area contributed by atoms with E-state index in [0.29, 0.717) is 0 Å². The van der Waals surface area contributed by atoms with Gasteiger partial charge in [0.1, 0.15) is 4.38 Å². The highest BCUT2D eigenvalue weighted by Crippen LogP contribution is 2.36. The number of para-hydroxylation sites is 1. The lowest BCUT2D eigenvalue weighted by Crippen LogP contribution is -2.24. The normalized spacial score (nSPS) is 14.5. The van der Waals surface area contributed by atoms with Crippen LogP contribution in [0.5, 0.6) is 0 Å². The highest BCUT2D eigenvalue weighted by atomic mass is 32.2. The number of carbonyl (C=O) groups excluding carboxylic acids is 1. The van der Waals surface area contributed by atoms with E-state index in [2.05, 4.69) is 22.4 Å². The van der Waals surface area contributed by atoms with Crippen molar-refractivity contribution in [1.29, 1.82) is 0 Å². The van der Waals surface area contributed by atoms with Gasteiger partial charge >= 0.3 is 0 Å². The minimum absolute atomic E-state index is 0.00844. The molecule has 1 unspecified atom stereocenters. The molecule has 0 saturated carbocycles. The molecule has 3 rings (SSSR count). The molecule has 124 valence electrons. The van der Waals surface area contributed by atoms with E-state index in [1.807, 2.05) is 51.1 Å². The molecule has 1 N–H and O–H groups in total. The van der Waals surface area contributed by atoms with Crippen LogP contribution in [-0.4, -0.2) is 15.5 Å². The van der Waals surface area contributed by atoms with Crippen LogP contribution in [0.15, 0.2) is 47.5 Å². The summed E-state index contributed by atoms with van der Waals surface area (Å²) in [5, 5.41) is 2.83. The third-order valence-corrected chi connectivity index (χ3v) is 6.14. The molecule has 0 radical (unpaired) electrons. The van der Waals surface area contributed by atoms with Crippen LogP contribution in [0.1, 0.15) is 23.6 Å². The predicted molar refractivity (Wildman–Crippen MR) is 106 cm³/mol. The number of thioether (sulfide) groups is 2. The number of aryl methyl sites for hydroxylation is 2. The molecule has 1 aliphatic rings. The number of benzene rings is 2. The number of rotatable bonds is 3. The van der Waals surface area contributed by atoms with Crippen LogP contribution >= 0.6 is 23.5 Å². The van der Waals surface area contributed by atoms with Gasteiger partial charge in [0.05, 0.1) is 10.9 Å². The molecule has 2 aromatic rings. The van der Waals surface area contributed by atoms with E-state index in [9.17, 15) is 4.79 Å². The van der Waals surface area contributed by atoms with Crippen molar-refractivity contribution in [3.63, 3.8) is 0 Å². The summed E-state index contributed by atoms with van der Waals surface area (Å²) in [5.74, 6) is 0.919. The van der Waals surface area contributed by atoms with Crippen LogP contribution < -0.4 is 5.32 Å². The molecule has 0 saturated heterocycles. The van der Waals surface area contributed by atoms with Gasteiger partial charge in [-0.3, -0.25) is 4.79 Å². The average Bonchev–Trinajstić information content (AvgIpc) is 2.57. The molecule has 5 heteroatoms. The fourth-order valence-electron chi connectivity index (χ4n) is 2.47. The molecule has 1 aliphatic heterocycles. The lowest BCUT2D eigenvalue weighted by atomic mass is 10.1. The first-order chi connectivity index (χ1) is 11.5. The van der Waals surface area contributed by atoms with Gasteiger partial charge < -0.3 is 5.32 Å². The zero-order valence-corrected chi connectivity index (χ0v) is 15.6. The number of anilines is 1. The van der Waals surface area contributed by atoms with Crippen LogP contribution in [0, 0.1) is 13.8 Å². The highest BCUT2D eigenvalue weighted by molar-refractivity contribution is 8.39. The minimum atomic E-state index is -0.192. The fourth-order valence-corrected chi connectivity index (χ4v) is 4.65. The van der Waals surface area contributed by atoms with E-state index in [1.165, 1.54) is 22.9 Å². The van der Waals surface area contributed by atoms with Gasteiger partial charge in [0.2, 0.25) is 5.91 Å². The SMILES string of the molecule is Cc1ccc(NC(=O)C(C)SC2=Nc3ccccc3CS2)c(C)c1. The Morgan fingerprint density at radius 2 is 2.04 bits per heavy atom. The number of aliphatic imine (C=N–C) groups is 1. The van der Waals surface area contributed by atoms with E-state index >= 15 is 0 Å². The van der Waals surface area contributed by atoms with Crippen molar-refractivity contribution in [1.82, 2.24) is 0 Å². The van der Waals surface area contributed by atoms with E-state index in [0.717, 1.165) is 27.1 Å². The maximum absolute atomic E-state index is 12.5. The summed E-state index contributed by atoms with van der Waals surface area (Å²) in [6.45, 7) is 5.99. The fraction of sp³-hybridized carbons (Fsp3) is 0.263. The Balaban J connectivity index is 1.66. The second-order valence-corrected chi connectivity index (χ2v) is 8.41. The van der Waals surface area contributed by atoms with E-state index in [1.54, 1.807) is 11.8 Å². The van der Waals surface area contributed by atoms with Crippen molar-refractivity contribution in [3.8, 4) is 0 Å². The van der Waals surface area contributed by atoms with Gasteiger partial charge in [-0.05, 0) is 44.0 Å². The molecule has 1 heterocycles. The number of hydrogen-bond acceptors (Lipinski definition) is 4. The van der Waals surface area contributed by atoms with Gasteiger partial charge in [0, 0.05) is 11.4 Å². The van der Waals surface area contributed by atoms with Gasteiger partial charge in [-0.1, -0.05) is 59.4 Å². The van der Waals surface area contributed by atoms with Crippen molar-refractivity contribution in [2.75, 3.05) is 5.32 Å². The summed E-state index contributed by atoms with van der Waals surface area (Å²) in [4.78, 5) is 17.1. The van der Waals surface area contributed by atoms with E-state index < -0.39 is 0 Å². The van der Waals surface area contributed by atoms with Crippen molar-refractivity contribution in [3.05, 3.63) is 59.2 Å².